The summed E-state index contributed by atoms with van der Waals surface area (Å²) in [4.78, 5) is 0. The number of halogens is 2. The maximum absolute atomic E-state index is 13.8. The summed E-state index contributed by atoms with van der Waals surface area (Å²) in [5.74, 6) is -2.38. The predicted molar refractivity (Wildman–Crippen MR) is 67.4 cm³/mol. The van der Waals surface area contributed by atoms with Crippen LogP contribution < -0.4 is 10.1 Å². The number of nitrogens with one attached hydrogen (secondary N) is 1. The molecule has 0 unspecified atom stereocenters. The van der Waals surface area contributed by atoms with E-state index in [2.05, 4.69) is 5.32 Å². The first kappa shape index (κ1) is 13.3. The van der Waals surface area contributed by atoms with Gasteiger partial charge in [-0.25, -0.2) is 8.78 Å². The van der Waals surface area contributed by atoms with Gasteiger partial charge in [-0.3, -0.25) is 0 Å². The third kappa shape index (κ3) is 2.64. The molecule has 0 bridgehead atoms. The second kappa shape index (κ2) is 5.22. The minimum absolute atomic E-state index is 0.0550. The second-order valence-electron chi connectivity index (χ2n) is 4.84. The molecule has 1 N–H and O–H groups in total. The minimum atomic E-state index is -2.87. The van der Waals surface area contributed by atoms with E-state index in [0.717, 1.165) is 38.4 Å². The fraction of sp³-hybridized carbons (Fsp3) is 0.571. The molecule has 1 aliphatic rings. The molecule has 4 heteroatoms. The number of piperidine rings is 1. The molecule has 0 atom stereocenters. The molecule has 0 aliphatic carbocycles. The van der Waals surface area contributed by atoms with Gasteiger partial charge in [-0.1, -0.05) is 12.1 Å². The van der Waals surface area contributed by atoms with Crippen LogP contribution in [0, 0.1) is 0 Å². The van der Waals surface area contributed by atoms with Crippen LogP contribution in [0.15, 0.2) is 18.2 Å². The Morgan fingerprint density at radius 3 is 2.50 bits per heavy atom. The zero-order valence-electron chi connectivity index (χ0n) is 10.8. The van der Waals surface area contributed by atoms with Crippen LogP contribution in [-0.4, -0.2) is 20.2 Å². The first-order valence-corrected chi connectivity index (χ1v) is 6.30. The molecule has 0 radical (unpaired) electrons. The smallest absolute Gasteiger partial charge is 0.274 e. The third-order valence-electron chi connectivity index (χ3n) is 3.50. The first-order chi connectivity index (χ1) is 8.54. The van der Waals surface area contributed by atoms with E-state index in [1.54, 1.807) is 12.1 Å². The average molecular weight is 255 g/mol. The summed E-state index contributed by atoms with van der Waals surface area (Å²) in [5, 5.41) is 3.25. The summed E-state index contributed by atoms with van der Waals surface area (Å²) in [6.07, 6.45) is 1.80. The van der Waals surface area contributed by atoms with Crippen molar-refractivity contribution in [3.8, 4) is 5.75 Å². The Morgan fingerprint density at radius 2 is 1.94 bits per heavy atom. The van der Waals surface area contributed by atoms with Gasteiger partial charge in [-0.2, -0.15) is 0 Å². The molecular formula is C14H19F2NO. The van der Waals surface area contributed by atoms with Crippen LogP contribution in [0.3, 0.4) is 0 Å². The molecule has 1 fully saturated rings. The van der Waals surface area contributed by atoms with E-state index in [-0.39, 0.29) is 11.5 Å². The highest BCUT2D eigenvalue weighted by molar-refractivity contribution is 5.45. The molecule has 1 heterocycles. The second-order valence-corrected chi connectivity index (χ2v) is 4.84. The molecule has 1 aromatic carbocycles. The number of methoxy groups -OCH3 is 1. The molecule has 0 amide bonds. The lowest BCUT2D eigenvalue weighted by molar-refractivity contribution is 0.0136. The Hall–Kier alpha value is -1.16. The molecule has 1 aliphatic heterocycles. The molecule has 1 aromatic rings. The summed E-state index contributed by atoms with van der Waals surface area (Å²) >= 11 is 0. The van der Waals surface area contributed by atoms with E-state index >= 15 is 0 Å². The van der Waals surface area contributed by atoms with Crippen molar-refractivity contribution in [2.24, 2.45) is 0 Å². The Morgan fingerprint density at radius 1 is 1.28 bits per heavy atom. The Kier molecular flexibility index (Phi) is 3.85. The number of hydrogen-bond acceptors (Lipinski definition) is 2. The van der Waals surface area contributed by atoms with Crippen molar-refractivity contribution < 1.29 is 13.5 Å². The summed E-state index contributed by atoms with van der Waals surface area (Å²) < 4.78 is 32.8. The highest BCUT2D eigenvalue weighted by Gasteiger charge is 2.34. The average Bonchev–Trinajstić information content (AvgIpc) is 2.38. The van der Waals surface area contributed by atoms with Crippen LogP contribution >= 0.6 is 0 Å². The first-order valence-electron chi connectivity index (χ1n) is 6.30. The zero-order chi connectivity index (χ0) is 13.2. The van der Waals surface area contributed by atoms with Crippen LogP contribution in [0.5, 0.6) is 5.75 Å². The lowest BCUT2D eigenvalue weighted by Gasteiger charge is -2.28. The van der Waals surface area contributed by atoms with E-state index in [9.17, 15) is 8.78 Å². The molecule has 1 saturated heterocycles. The summed E-state index contributed by atoms with van der Waals surface area (Å²) in [7, 11) is 1.44. The third-order valence-corrected chi connectivity index (χ3v) is 3.50. The van der Waals surface area contributed by atoms with Gasteiger partial charge in [0.05, 0.1) is 12.7 Å². The molecular weight excluding hydrogens is 236 g/mol. The minimum Gasteiger partial charge on any atom is -0.496 e. The maximum atomic E-state index is 13.8. The van der Waals surface area contributed by atoms with Crippen molar-refractivity contribution in [2.75, 3.05) is 20.2 Å². The van der Waals surface area contributed by atoms with Gasteiger partial charge in [0, 0.05) is 6.92 Å². The molecule has 2 rings (SSSR count). The SMILES string of the molecule is COc1cccc(C2CCNCC2)c1C(C)(F)F. The van der Waals surface area contributed by atoms with Gasteiger partial charge < -0.3 is 10.1 Å². The summed E-state index contributed by atoms with van der Waals surface area (Å²) in [6.45, 7) is 2.71. The molecule has 100 valence electrons. The molecule has 0 spiro atoms. The monoisotopic (exact) mass is 255 g/mol. The number of ether oxygens (including phenoxy) is 1. The lowest BCUT2D eigenvalue weighted by Crippen LogP contribution is -2.28. The Bertz CT molecular complexity index is 409. The van der Waals surface area contributed by atoms with Gasteiger partial charge in [0.1, 0.15) is 5.75 Å². The number of benzene rings is 1. The molecule has 2 nitrogen and oxygen atoms in total. The Balaban J connectivity index is 2.45. The zero-order valence-corrected chi connectivity index (χ0v) is 10.8. The fourth-order valence-electron chi connectivity index (χ4n) is 2.66. The number of alkyl halides is 2. The lowest BCUT2D eigenvalue weighted by atomic mass is 9.85. The molecule has 18 heavy (non-hydrogen) atoms. The van der Waals surface area contributed by atoms with Gasteiger partial charge in [0.2, 0.25) is 0 Å². The number of rotatable bonds is 3. The van der Waals surface area contributed by atoms with Gasteiger partial charge in [-0.05, 0) is 43.5 Å². The summed E-state index contributed by atoms with van der Waals surface area (Å²) in [6, 6.07) is 5.22. The van der Waals surface area contributed by atoms with E-state index in [1.165, 1.54) is 7.11 Å². The fourth-order valence-corrected chi connectivity index (χ4v) is 2.66. The molecule has 0 aromatic heterocycles. The van der Waals surface area contributed by atoms with Crippen molar-refractivity contribution in [1.29, 1.82) is 0 Å². The highest BCUT2D eigenvalue weighted by atomic mass is 19.3. The van der Waals surface area contributed by atoms with Crippen molar-refractivity contribution in [1.82, 2.24) is 5.32 Å². The topological polar surface area (TPSA) is 21.3 Å². The van der Waals surface area contributed by atoms with Gasteiger partial charge in [0.15, 0.2) is 0 Å². The van der Waals surface area contributed by atoms with Crippen LogP contribution in [0.4, 0.5) is 8.78 Å². The standard InChI is InChI=1S/C14H19F2NO/c1-14(15,16)13-11(4-3-5-12(13)18-2)10-6-8-17-9-7-10/h3-5,10,17H,6-9H2,1-2H3. The number of hydrogen-bond donors (Lipinski definition) is 1. The van der Waals surface area contributed by atoms with E-state index in [1.807, 2.05) is 6.07 Å². The predicted octanol–water partition coefficient (Wildman–Crippen LogP) is 3.27. The van der Waals surface area contributed by atoms with E-state index in [0.29, 0.717) is 5.75 Å². The van der Waals surface area contributed by atoms with Gasteiger partial charge >= 0.3 is 0 Å². The normalized spacial score (nSPS) is 17.8. The molecule has 0 saturated carbocycles. The van der Waals surface area contributed by atoms with Gasteiger partial charge in [0.25, 0.3) is 5.92 Å². The van der Waals surface area contributed by atoms with E-state index < -0.39 is 5.92 Å². The van der Waals surface area contributed by atoms with Gasteiger partial charge in [-0.15, -0.1) is 0 Å². The quantitative estimate of drug-likeness (QED) is 0.895. The van der Waals surface area contributed by atoms with E-state index in [4.69, 9.17) is 4.74 Å². The van der Waals surface area contributed by atoms with Crippen LogP contribution in [0.25, 0.3) is 0 Å². The maximum Gasteiger partial charge on any atom is 0.274 e. The largest absolute Gasteiger partial charge is 0.496 e. The van der Waals surface area contributed by atoms with Crippen LogP contribution in [0.2, 0.25) is 0 Å². The van der Waals surface area contributed by atoms with Crippen LogP contribution in [-0.2, 0) is 5.92 Å². The van der Waals surface area contributed by atoms with Crippen molar-refractivity contribution in [2.45, 2.75) is 31.6 Å². The van der Waals surface area contributed by atoms with Crippen molar-refractivity contribution in [3.05, 3.63) is 29.3 Å². The van der Waals surface area contributed by atoms with Crippen LogP contribution in [0.1, 0.15) is 36.8 Å². The van der Waals surface area contributed by atoms with Crippen molar-refractivity contribution in [3.63, 3.8) is 0 Å². The summed E-state index contributed by atoms with van der Waals surface area (Å²) in [5.41, 5.74) is 0.794. The Labute approximate surface area is 106 Å². The highest BCUT2D eigenvalue weighted by Crippen LogP contribution is 2.41. The van der Waals surface area contributed by atoms with Crippen molar-refractivity contribution >= 4 is 0 Å².